The summed E-state index contributed by atoms with van der Waals surface area (Å²) in [4.78, 5) is 4.66. The van der Waals surface area contributed by atoms with Crippen LogP contribution in [0, 0.1) is 13.8 Å². The van der Waals surface area contributed by atoms with E-state index in [2.05, 4.69) is 52.3 Å². The number of aryl methyl sites for hydroxylation is 2. The van der Waals surface area contributed by atoms with Gasteiger partial charge in [-0.25, -0.2) is 4.98 Å². The van der Waals surface area contributed by atoms with Gasteiger partial charge in [0.05, 0.1) is 5.69 Å². The summed E-state index contributed by atoms with van der Waals surface area (Å²) in [6, 6.07) is 12.2. The zero-order valence-electron chi connectivity index (χ0n) is 17.4. The molecule has 0 spiro atoms. The molecule has 3 aromatic heterocycles. The molecule has 30 heavy (non-hydrogen) atoms. The van der Waals surface area contributed by atoms with Crippen LogP contribution in [-0.2, 0) is 12.3 Å². The number of benzene rings is 1. The first kappa shape index (κ1) is 20.2. The van der Waals surface area contributed by atoms with Crippen LogP contribution < -0.4 is 4.74 Å². The normalized spacial score (nSPS) is 12.2. The fourth-order valence-corrected chi connectivity index (χ4v) is 4.22. The number of rotatable bonds is 8. The molecule has 1 aromatic carbocycles. The molecule has 7 heteroatoms. The van der Waals surface area contributed by atoms with E-state index in [0.29, 0.717) is 12.3 Å². The molecule has 4 aromatic rings. The van der Waals surface area contributed by atoms with Crippen LogP contribution in [0.4, 0.5) is 0 Å². The van der Waals surface area contributed by atoms with Gasteiger partial charge in [0.1, 0.15) is 11.4 Å². The van der Waals surface area contributed by atoms with Crippen LogP contribution in [0.5, 0.6) is 5.75 Å². The molecule has 4 rings (SSSR count). The quantitative estimate of drug-likeness (QED) is 0.292. The van der Waals surface area contributed by atoms with E-state index >= 15 is 0 Å². The average Bonchev–Trinajstić information content (AvgIpc) is 3.32. The molecule has 0 N–H and O–H groups in total. The Morgan fingerprint density at radius 1 is 1.20 bits per heavy atom. The summed E-state index contributed by atoms with van der Waals surface area (Å²) < 4.78 is 10.3. The number of fused-ring (bicyclic) bond motifs is 1. The smallest absolute Gasteiger partial charge is 0.192 e. The number of pyridine rings is 1. The number of hydrogen-bond donors (Lipinski definition) is 0. The first-order valence-corrected chi connectivity index (χ1v) is 10.9. The monoisotopic (exact) mass is 419 g/mol. The zero-order valence-corrected chi connectivity index (χ0v) is 18.3. The Morgan fingerprint density at radius 3 is 2.83 bits per heavy atom. The fraction of sp³-hybridized carbons (Fsp3) is 0.261. The van der Waals surface area contributed by atoms with E-state index in [0.717, 1.165) is 33.6 Å². The van der Waals surface area contributed by atoms with Gasteiger partial charge < -0.3 is 9.14 Å². The number of nitrogens with zero attached hydrogens (tertiary/aromatic N) is 5. The van der Waals surface area contributed by atoms with E-state index in [1.807, 2.05) is 54.1 Å². The van der Waals surface area contributed by atoms with Crippen LogP contribution in [0.1, 0.15) is 35.7 Å². The largest absolute Gasteiger partial charge is 0.482 e. The van der Waals surface area contributed by atoms with Crippen LogP contribution >= 0.6 is 11.8 Å². The Kier molecular flexibility index (Phi) is 5.90. The van der Waals surface area contributed by atoms with Crippen molar-refractivity contribution in [3.8, 4) is 5.75 Å². The summed E-state index contributed by atoms with van der Waals surface area (Å²) in [6.45, 7) is 10.6. The van der Waals surface area contributed by atoms with E-state index in [1.165, 1.54) is 5.56 Å². The third-order valence-electron chi connectivity index (χ3n) is 4.82. The van der Waals surface area contributed by atoms with Gasteiger partial charge in [0, 0.05) is 24.7 Å². The van der Waals surface area contributed by atoms with Crippen molar-refractivity contribution >= 4 is 17.4 Å². The molecule has 1 atom stereocenters. The number of aromatic nitrogens is 5. The molecule has 6 nitrogen and oxygen atoms in total. The number of hydrogen-bond acceptors (Lipinski definition) is 5. The Balaban J connectivity index is 1.52. The summed E-state index contributed by atoms with van der Waals surface area (Å²) in [5, 5.41) is 9.67. The van der Waals surface area contributed by atoms with Crippen LogP contribution in [0.3, 0.4) is 0 Å². The van der Waals surface area contributed by atoms with Gasteiger partial charge in [-0.3, -0.25) is 4.57 Å². The van der Waals surface area contributed by atoms with Crippen molar-refractivity contribution in [1.82, 2.24) is 24.1 Å². The maximum atomic E-state index is 6.21. The molecular formula is C23H25N5OS. The molecule has 0 bridgehead atoms. The zero-order chi connectivity index (χ0) is 21.1. The first-order chi connectivity index (χ1) is 14.5. The molecule has 0 fully saturated rings. The van der Waals surface area contributed by atoms with Crippen molar-refractivity contribution in [2.24, 2.45) is 0 Å². The van der Waals surface area contributed by atoms with Gasteiger partial charge >= 0.3 is 0 Å². The first-order valence-electron chi connectivity index (χ1n) is 9.88. The minimum absolute atomic E-state index is 0.233. The lowest BCUT2D eigenvalue weighted by Crippen LogP contribution is -2.12. The highest BCUT2D eigenvalue weighted by atomic mass is 32.2. The van der Waals surface area contributed by atoms with E-state index in [-0.39, 0.29) is 6.10 Å². The van der Waals surface area contributed by atoms with Gasteiger partial charge in [-0.1, -0.05) is 41.6 Å². The maximum Gasteiger partial charge on any atom is 0.192 e. The predicted molar refractivity (Wildman–Crippen MR) is 120 cm³/mol. The predicted octanol–water partition coefficient (Wildman–Crippen LogP) is 5.16. The van der Waals surface area contributed by atoms with Gasteiger partial charge in [-0.2, -0.15) is 0 Å². The van der Waals surface area contributed by atoms with Gasteiger partial charge in [-0.15, -0.1) is 16.8 Å². The fourth-order valence-electron chi connectivity index (χ4n) is 3.38. The lowest BCUT2D eigenvalue weighted by molar-refractivity contribution is 0.209. The van der Waals surface area contributed by atoms with E-state index in [4.69, 9.17) is 4.74 Å². The third-order valence-corrected chi connectivity index (χ3v) is 5.82. The van der Waals surface area contributed by atoms with Crippen molar-refractivity contribution in [3.05, 3.63) is 84.1 Å². The molecule has 154 valence electrons. The van der Waals surface area contributed by atoms with E-state index < -0.39 is 0 Å². The van der Waals surface area contributed by atoms with Crippen molar-refractivity contribution in [2.75, 3.05) is 0 Å². The lowest BCUT2D eigenvalue weighted by atomic mass is 10.1. The highest BCUT2D eigenvalue weighted by Crippen LogP contribution is 2.28. The number of imidazole rings is 1. The molecular weight excluding hydrogens is 394 g/mol. The molecule has 1 unspecified atom stereocenters. The summed E-state index contributed by atoms with van der Waals surface area (Å²) in [5.41, 5.74) is 4.27. The van der Waals surface area contributed by atoms with Crippen molar-refractivity contribution < 1.29 is 4.74 Å². The molecule has 0 radical (unpaired) electrons. The van der Waals surface area contributed by atoms with Gasteiger partial charge in [-0.05, 0) is 44.5 Å². The lowest BCUT2D eigenvalue weighted by Gasteiger charge is -2.17. The highest BCUT2D eigenvalue weighted by molar-refractivity contribution is 7.98. The highest BCUT2D eigenvalue weighted by Gasteiger charge is 2.20. The minimum atomic E-state index is -0.233. The number of ether oxygens (including phenoxy) is 1. The third kappa shape index (κ3) is 4.26. The molecule has 0 amide bonds. The Hall–Kier alpha value is -3.06. The molecule has 0 aliphatic heterocycles. The van der Waals surface area contributed by atoms with Gasteiger partial charge in [0.25, 0.3) is 0 Å². The Labute approximate surface area is 180 Å². The Bertz CT molecular complexity index is 1150. The summed E-state index contributed by atoms with van der Waals surface area (Å²) in [6.07, 6.45) is 5.67. The second kappa shape index (κ2) is 8.75. The summed E-state index contributed by atoms with van der Waals surface area (Å²) >= 11 is 1.62. The van der Waals surface area contributed by atoms with Gasteiger partial charge in [0.15, 0.2) is 17.1 Å². The van der Waals surface area contributed by atoms with Crippen molar-refractivity contribution in [2.45, 2.75) is 44.3 Å². The van der Waals surface area contributed by atoms with Crippen molar-refractivity contribution in [1.29, 1.82) is 0 Å². The molecule has 0 aliphatic carbocycles. The van der Waals surface area contributed by atoms with Crippen LogP contribution in [0.25, 0.3) is 5.65 Å². The van der Waals surface area contributed by atoms with Crippen molar-refractivity contribution in [3.63, 3.8) is 0 Å². The van der Waals surface area contributed by atoms with E-state index in [1.54, 1.807) is 11.8 Å². The minimum Gasteiger partial charge on any atom is -0.482 e. The van der Waals surface area contributed by atoms with Crippen LogP contribution in [-0.4, -0.2) is 24.1 Å². The van der Waals surface area contributed by atoms with Gasteiger partial charge in [0.2, 0.25) is 0 Å². The number of allylic oxidation sites excluding steroid dienone is 1. The molecule has 0 saturated heterocycles. The second-order valence-corrected chi connectivity index (χ2v) is 8.20. The topological polar surface area (TPSA) is 57.2 Å². The van der Waals surface area contributed by atoms with E-state index in [9.17, 15) is 0 Å². The second-order valence-electron chi connectivity index (χ2n) is 7.26. The molecule has 0 aliphatic rings. The van der Waals surface area contributed by atoms with Crippen LogP contribution in [0.15, 0.2) is 66.6 Å². The average molecular weight is 420 g/mol. The number of thioether (sulfide) groups is 1. The standard InChI is InChI=1S/C23H25N5OS/c1-5-11-28-22(18(4)29-20-10-9-16(2)13-17(20)3)25-26-23(28)30-15-19-14-27-12-7-6-8-21(27)24-19/h5-10,12-14,18H,1,11,15H2,2-4H3. The Morgan fingerprint density at radius 2 is 2.07 bits per heavy atom. The maximum absolute atomic E-state index is 6.21. The SMILES string of the molecule is C=CCn1c(SCc2cn3ccccc3n2)nnc1C(C)Oc1ccc(C)cc1C. The summed E-state index contributed by atoms with van der Waals surface area (Å²) in [7, 11) is 0. The molecule has 0 saturated carbocycles. The summed E-state index contributed by atoms with van der Waals surface area (Å²) in [5.74, 6) is 2.36. The molecule has 3 heterocycles. The van der Waals surface area contributed by atoms with Crippen LogP contribution in [0.2, 0.25) is 0 Å².